The molecule has 114 valence electrons. The Hall–Kier alpha value is -1.88. The van der Waals surface area contributed by atoms with Crippen LogP contribution in [0.2, 0.25) is 0 Å². The highest BCUT2D eigenvalue weighted by molar-refractivity contribution is 5.94. The molecule has 2 rings (SSSR count). The number of amides is 2. The number of carbonyl (C=O) groups is 2. The zero-order chi connectivity index (χ0) is 15.1. The molecule has 1 saturated heterocycles. The minimum Gasteiger partial charge on any atom is -0.381 e. The van der Waals surface area contributed by atoms with Gasteiger partial charge in [0.2, 0.25) is 5.91 Å². The molecule has 0 atom stereocenters. The Bertz CT molecular complexity index is 470. The van der Waals surface area contributed by atoms with Crippen LogP contribution in [0.3, 0.4) is 0 Å². The van der Waals surface area contributed by atoms with Gasteiger partial charge in [-0.2, -0.15) is 0 Å². The van der Waals surface area contributed by atoms with E-state index in [0.717, 1.165) is 12.8 Å². The van der Waals surface area contributed by atoms with Gasteiger partial charge in [-0.15, -0.1) is 0 Å². The summed E-state index contributed by atoms with van der Waals surface area (Å²) in [7, 11) is 0. The summed E-state index contributed by atoms with van der Waals surface area (Å²) in [6.07, 6.45) is 1.73. The Morgan fingerprint density at radius 2 is 1.90 bits per heavy atom. The smallest absolute Gasteiger partial charge is 0.251 e. The van der Waals surface area contributed by atoms with E-state index in [9.17, 15) is 9.59 Å². The minimum atomic E-state index is -0.105. The fraction of sp³-hybridized carbons (Fsp3) is 0.500. The molecule has 0 saturated carbocycles. The second-order valence-electron chi connectivity index (χ2n) is 5.18. The van der Waals surface area contributed by atoms with Crippen LogP contribution in [0.25, 0.3) is 0 Å². The molecule has 5 heteroatoms. The van der Waals surface area contributed by atoms with Crippen LogP contribution in [-0.4, -0.2) is 49.1 Å². The Balaban J connectivity index is 1.82. The molecule has 5 nitrogen and oxygen atoms in total. The third-order valence-electron chi connectivity index (χ3n) is 3.71. The van der Waals surface area contributed by atoms with Gasteiger partial charge in [0.1, 0.15) is 0 Å². The van der Waals surface area contributed by atoms with Gasteiger partial charge in [0, 0.05) is 44.8 Å². The molecule has 21 heavy (non-hydrogen) atoms. The molecular formula is C16H22N2O3. The molecule has 2 amide bonds. The van der Waals surface area contributed by atoms with E-state index in [1.807, 2.05) is 23.1 Å². The number of hydrogen-bond acceptors (Lipinski definition) is 3. The van der Waals surface area contributed by atoms with Gasteiger partial charge in [0.25, 0.3) is 5.91 Å². The molecule has 1 aliphatic rings. The monoisotopic (exact) mass is 290 g/mol. The third-order valence-corrected chi connectivity index (χ3v) is 3.71. The van der Waals surface area contributed by atoms with E-state index in [1.165, 1.54) is 0 Å². The predicted molar refractivity (Wildman–Crippen MR) is 80.0 cm³/mol. The van der Waals surface area contributed by atoms with Crippen LogP contribution in [0.1, 0.15) is 30.1 Å². The molecule has 0 bridgehead atoms. The SMILES string of the molecule is CC(=O)N(CCNC(=O)c1ccccc1)C1CCOCC1. The lowest BCUT2D eigenvalue weighted by molar-refractivity contribution is -0.132. The summed E-state index contributed by atoms with van der Waals surface area (Å²) in [6.45, 7) is 3.98. The van der Waals surface area contributed by atoms with Crippen molar-refractivity contribution in [2.75, 3.05) is 26.3 Å². The molecule has 0 aliphatic carbocycles. The molecule has 1 N–H and O–H groups in total. The lowest BCUT2D eigenvalue weighted by atomic mass is 10.1. The molecule has 1 fully saturated rings. The summed E-state index contributed by atoms with van der Waals surface area (Å²) < 4.78 is 5.32. The lowest BCUT2D eigenvalue weighted by Crippen LogP contribution is -2.46. The fourth-order valence-corrected chi connectivity index (χ4v) is 2.58. The Kier molecular flexibility index (Phi) is 5.75. The van der Waals surface area contributed by atoms with Crippen molar-refractivity contribution in [1.82, 2.24) is 10.2 Å². The summed E-state index contributed by atoms with van der Waals surface area (Å²) in [5.41, 5.74) is 0.637. The number of nitrogens with zero attached hydrogens (tertiary/aromatic N) is 1. The van der Waals surface area contributed by atoms with Gasteiger partial charge in [-0.25, -0.2) is 0 Å². The molecule has 1 aliphatic heterocycles. The first kappa shape index (κ1) is 15.5. The number of rotatable bonds is 5. The predicted octanol–water partition coefficient (Wildman–Crippen LogP) is 1.44. The van der Waals surface area contributed by atoms with E-state index in [4.69, 9.17) is 4.74 Å². The van der Waals surface area contributed by atoms with Crippen LogP contribution in [0, 0.1) is 0 Å². The molecule has 1 aromatic rings. The first-order valence-corrected chi connectivity index (χ1v) is 7.36. The van der Waals surface area contributed by atoms with E-state index in [1.54, 1.807) is 19.1 Å². The Morgan fingerprint density at radius 1 is 1.24 bits per heavy atom. The highest BCUT2D eigenvalue weighted by Gasteiger charge is 2.23. The second-order valence-corrected chi connectivity index (χ2v) is 5.18. The third kappa shape index (κ3) is 4.56. The summed E-state index contributed by atoms with van der Waals surface area (Å²) in [6, 6.07) is 9.31. The van der Waals surface area contributed by atoms with Gasteiger partial charge < -0.3 is 15.0 Å². The molecule has 0 unspecified atom stereocenters. The highest BCUT2D eigenvalue weighted by Crippen LogP contribution is 2.14. The first-order valence-electron chi connectivity index (χ1n) is 7.36. The topological polar surface area (TPSA) is 58.6 Å². The van der Waals surface area contributed by atoms with Crippen LogP contribution in [0.15, 0.2) is 30.3 Å². The summed E-state index contributed by atoms with van der Waals surface area (Å²) in [5.74, 6) is -0.0538. The van der Waals surface area contributed by atoms with Crippen LogP contribution in [0.5, 0.6) is 0 Å². The van der Waals surface area contributed by atoms with Gasteiger partial charge in [-0.3, -0.25) is 9.59 Å². The van der Waals surface area contributed by atoms with Crippen molar-refractivity contribution in [2.24, 2.45) is 0 Å². The van der Waals surface area contributed by atoms with Crippen LogP contribution in [0.4, 0.5) is 0 Å². The van der Waals surface area contributed by atoms with Gasteiger partial charge in [-0.05, 0) is 25.0 Å². The summed E-state index contributed by atoms with van der Waals surface area (Å²) in [5, 5.41) is 2.86. The van der Waals surface area contributed by atoms with Gasteiger partial charge in [-0.1, -0.05) is 18.2 Å². The molecular weight excluding hydrogens is 268 g/mol. The lowest BCUT2D eigenvalue weighted by Gasteiger charge is -2.33. The quantitative estimate of drug-likeness (QED) is 0.893. The van der Waals surface area contributed by atoms with Crippen molar-refractivity contribution < 1.29 is 14.3 Å². The number of carbonyl (C=O) groups excluding carboxylic acids is 2. The van der Waals surface area contributed by atoms with Gasteiger partial charge in [0.15, 0.2) is 0 Å². The average Bonchev–Trinajstić information content (AvgIpc) is 2.52. The van der Waals surface area contributed by atoms with Crippen molar-refractivity contribution in [1.29, 1.82) is 0 Å². The number of benzene rings is 1. The second kappa shape index (κ2) is 7.78. The van der Waals surface area contributed by atoms with Crippen LogP contribution < -0.4 is 5.32 Å². The normalized spacial score (nSPS) is 15.5. The fourth-order valence-electron chi connectivity index (χ4n) is 2.58. The highest BCUT2D eigenvalue weighted by atomic mass is 16.5. The van der Waals surface area contributed by atoms with Crippen molar-refractivity contribution in [2.45, 2.75) is 25.8 Å². The standard InChI is InChI=1S/C16H22N2O3/c1-13(19)18(15-7-11-21-12-8-15)10-9-17-16(20)14-5-3-2-4-6-14/h2-6,15H,7-12H2,1H3,(H,17,20). The molecule has 0 spiro atoms. The maximum Gasteiger partial charge on any atom is 0.251 e. The summed E-state index contributed by atoms with van der Waals surface area (Å²) >= 11 is 0. The Morgan fingerprint density at radius 3 is 2.52 bits per heavy atom. The Labute approximate surface area is 125 Å². The van der Waals surface area contributed by atoms with Crippen LogP contribution in [-0.2, 0) is 9.53 Å². The van der Waals surface area contributed by atoms with E-state index < -0.39 is 0 Å². The van der Waals surface area contributed by atoms with Crippen molar-refractivity contribution in [3.63, 3.8) is 0 Å². The average molecular weight is 290 g/mol. The van der Waals surface area contributed by atoms with Gasteiger partial charge >= 0.3 is 0 Å². The first-order chi connectivity index (χ1) is 10.2. The number of ether oxygens (including phenoxy) is 1. The van der Waals surface area contributed by atoms with Gasteiger partial charge in [0.05, 0.1) is 0 Å². The van der Waals surface area contributed by atoms with E-state index in [0.29, 0.717) is 31.9 Å². The van der Waals surface area contributed by atoms with E-state index in [2.05, 4.69) is 5.32 Å². The summed E-state index contributed by atoms with van der Waals surface area (Å²) in [4.78, 5) is 25.5. The number of hydrogen-bond donors (Lipinski definition) is 1. The van der Waals surface area contributed by atoms with Crippen molar-refractivity contribution in [3.05, 3.63) is 35.9 Å². The molecule has 1 aromatic carbocycles. The zero-order valence-electron chi connectivity index (χ0n) is 12.4. The molecule has 1 heterocycles. The van der Waals surface area contributed by atoms with E-state index >= 15 is 0 Å². The molecule has 0 radical (unpaired) electrons. The zero-order valence-corrected chi connectivity index (χ0v) is 12.4. The largest absolute Gasteiger partial charge is 0.381 e. The maximum atomic E-state index is 11.9. The maximum absolute atomic E-state index is 11.9. The van der Waals surface area contributed by atoms with Crippen molar-refractivity contribution in [3.8, 4) is 0 Å². The van der Waals surface area contributed by atoms with Crippen molar-refractivity contribution >= 4 is 11.8 Å². The van der Waals surface area contributed by atoms with E-state index in [-0.39, 0.29) is 17.9 Å². The number of nitrogens with one attached hydrogen (secondary N) is 1. The van der Waals surface area contributed by atoms with Crippen LogP contribution >= 0.6 is 0 Å². The minimum absolute atomic E-state index is 0.0517. The molecule has 0 aromatic heterocycles.